The molecule has 0 heterocycles. The summed E-state index contributed by atoms with van der Waals surface area (Å²) in [6, 6.07) is 4.45. The second-order valence-corrected chi connectivity index (χ2v) is 6.81. The third kappa shape index (κ3) is 6.13. The fourth-order valence-electron chi connectivity index (χ4n) is 3.37. The predicted octanol–water partition coefficient (Wildman–Crippen LogP) is 4.14. The largest absolute Gasteiger partial charge is 0.456 e. The van der Waals surface area contributed by atoms with Crippen LogP contribution < -0.4 is 5.32 Å². The number of carbonyl (C=O) groups is 2. The summed E-state index contributed by atoms with van der Waals surface area (Å²) in [5.41, 5.74) is 0.643. The lowest BCUT2D eigenvalue weighted by Crippen LogP contribution is -2.21. The number of ether oxygens (including phenoxy) is 1. The summed E-state index contributed by atoms with van der Waals surface area (Å²) in [6.45, 7) is 1.18. The molecular formula is C19H26N2O5. The maximum Gasteiger partial charge on any atom is 0.306 e. The van der Waals surface area contributed by atoms with Gasteiger partial charge in [-0.3, -0.25) is 19.7 Å². The van der Waals surface area contributed by atoms with Crippen LogP contribution in [0, 0.1) is 23.0 Å². The summed E-state index contributed by atoms with van der Waals surface area (Å²) in [6.07, 6.45) is 8.53. The number of esters is 1. The molecule has 0 aromatic heterocycles. The average Bonchev–Trinajstić information content (AvgIpc) is 2.62. The first-order valence-electron chi connectivity index (χ1n) is 9.17. The summed E-state index contributed by atoms with van der Waals surface area (Å²) < 4.78 is 5.00. The van der Waals surface area contributed by atoms with Gasteiger partial charge in [0.2, 0.25) is 0 Å². The van der Waals surface area contributed by atoms with E-state index in [1.54, 1.807) is 13.0 Å². The standard InChI is InChI=1S/C19H26N2O5/c1-14-16(10-6-11-17(14)21(24)25)20-18(22)13-26-19(23)12-5-9-15-7-3-2-4-8-15/h6,10-11,15H,2-5,7-9,12-13H2,1H3,(H,20,22). The zero-order valence-electron chi connectivity index (χ0n) is 15.2. The fourth-order valence-corrected chi connectivity index (χ4v) is 3.37. The molecule has 1 amide bonds. The number of nitrogens with one attached hydrogen (secondary N) is 1. The topological polar surface area (TPSA) is 98.5 Å². The van der Waals surface area contributed by atoms with Crippen molar-refractivity contribution in [3.8, 4) is 0 Å². The minimum atomic E-state index is -0.505. The first-order chi connectivity index (χ1) is 12.5. The van der Waals surface area contributed by atoms with Gasteiger partial charge in [0, 0.05) is 12.5 Å². The Morgan fingerprint density at radius 2 is 2.00 bits per heavy atom. The van der Waals surface area contributed by atoms with Gasteiger partial charge < -0.3 is 10.1 Å². The average molecular weight is 362 g/mol. The Balaban J connectivity index is 1.70. The Morgan fingerprint density at radius 3 is 2.69 bits per heavy atom. The minimum absolute atomic E-state index is 0.0671. The van der Waals surface area contributed by atoms with Gasteiger partial charge in [-0.15, -0.1) is 0 Å². The van der Waals surface area contributed by atoms with Gasteiger partial charge in [0.15, 0.2) is 6.61 Å². The number of anilines is 1. The molecule has 26 heavy (non-hydrogen) atoms. The highest BCUT2D eigenvalue weighted by atomic mass is 16.6. The second-order valence-electron chi connectivity index (χ2n) is 6.81. The molecule has 0 saturated heterocycles. The number of nitro groups is 1. The fraction of sp³-hybridized carbons (Fsp3) is 0.579. The molecule has 1 aromatic rings. The van der Waals surface area contributed by atoms with E-state index in [2.05, 4.69) is 5.32 Å². The van der Waals surface area contributed by atoms with Crippen molar-refractivity contribution in [2.24, 2.45) is 5.92 Å². The van der Waals surface area contributed by atoms with Crippen molar-refractivity contribution in [3.05, 3.63) is 33.9 Å². The molecule has 1 saturated carbocycles. The molecule has 142 valence electrons. The Morgan fingerprint density at radius 1 is 1.27 bits per heavy atom. The van der Waals surface area contributed by atoms with Crippen LogP contribution in [-0.4, -0.2) is 23.4 Å². The highest BCUT2D eigenvalue weighted by molar-refractivity contribution is 5.94. The van der Waals surface area contributed by atoms with Crippen molar-refractivity contribution in [2.45, 2.75) is 58.3 Å². The number of nitro benzene ring substituents is 1. The Bertz CT molecular complexity index is 653. The van der Waals surface area contributed by atoms with Gasteiger partial charge in [-0.25, -0.2) is 0 Å². The first-order valence-corrected chi connectivity index (χ1v) is 9.17. The molecule has 0 radical (unpaired) electrons. The molecule has 1 aromatic carbocycles. The van der Waals surface area contributed by atoms with E-state index < -0.39 is 10.8 Å². The number of benzene rings is 1. The number of hydrogen-bond acceptors (Lipinski definition) is 5. The van der Waals surface area contributed by atoms with Crippen LogP contribution in [-0.2, 0) is 14.3 Å². The third-order valence-corrected chi connectivity index (χ3v) is 4.86. The van der Waals surface area contributed by atoms with Gasteiger partial charge in [0.25, 0.3) is 11.6 Å². The van der Waals surface area contributed by atoms with Crippen LogP contribution in [0.1, 0.15) is 56.9 Å². The number of rotatable bonds is 8. The first kappa shape index (κ1) is 19.9. The molecule has 1 N–H and O–H groups in total. The van der Waals surface area contributed by atoms with Crippen LogP contribution in [0.4, 0.5) is 11.4 Å². The predicted molar refractivity (Wildman–Crippen MR) is 97.8 cm³/mol. The lowest BCUT2D eigenvalue weighted by atomic mass is 9.86. The molecule has 7 nitrogen and oxygen atoms in total. The van der Waals surface area contributed by atoms with Crippen molar-refractivity contribution >= 4 is 23.3 Å². The lowest BCUT2D eigenvalue weighted by Gasteiger charge is -2.20. The van der Waals surface area contributed by atoms with E-state index in [0.717, 1.165) is 18.8 Å². The smallest absolute Gasteiger partial charge is 0.306 e. The monoisotopic (exact) mass is 362 g/mol. The zero-order chi connectivity index (χ0) is 18.9. The molecule has 0 spiro atoms. The van der Waals surface area contributed by atoms with E-state index in [1.807, 2.05) is 0 Å². The lowest BCUT2D eigenvalue weighted by molar-refractivity contribution is -0.385. The normalized spacial score (nSPS) is 14.7. The summed E-state index contributed by atoms with van der Waals surface area (Å²) in [5.74, 6) is -0.169. The SMILES string of the molecule is Cc1c(NC(=O)COC(=O)CCCC2CCCCC2)cccc1[N+](=O)[O-]. The van der Waals surface area contributed by atoms with E-state index in [4.69, 9.17) is 4.74 Å². The summed E-state index contributed by atoms with van der Waals surface area (Å²) in [4.78, 5) is 34.1. The van der Waals surface area contributed by atoms with Gasteiger partial charge >= 0.3 is 5.97 Å². The molecule has 0 bridgehead atoms. The number of hydrogen-bond donors (Lipinski definition) is 1. The maximum absolute atomic E-state index is 11.9. The highest BCUT2D eigenvalue weighted by Crippen LogP contribution is 2.28. The van der Waals surface area contributed by atoms with E-state index in [9.17, 15) is 19.7 Å². The van der Waals surface area contributed by atoms with Gasteiger partial charge in [-0.2, -0.15) is 0 Å². The van der Waals surface area contributed by atoms with Crippen LogP contribution in [0.2, 0.25) is 0 Å². The van der Waals surface area contributed by atoms with Crippen molar-refractivity contribution in [3.63, 3.8) is 0 Å². The van der Waals surface area contributed by atoms with E-state index in [0.29, 0.717) is 17.7 Å². The molecule has 0 aliphatic heterocycles. The summed E-state index contributed by atoms with van der Waals surface area (Å²) in [7, 11) is 0. The maximum atomic E-state index is 11.9. The van der Waals surface area contributed by atoms with Crippen LogP contribution in [0.5, 0.6) is 0 Å². The van der Waals surface area contributed by atoms with Crippen LogP contribution >= 0.6 is 0 Å². The van der Waals surface area contributed by atoms with E-state index >= 15 is 0 Å². The van der Waals surface area contributed by atoms with Crippen LogP contribution in [0.15, 0.2) is 18.2 Å². The third-order valence-electron chi connectivity index (χ3n) is 4.86. The van der Waals surface area contributed by atoms with Crippen molar-refractivity contribution < 1.29 is 19.2 Å². The van der Waals surface area contributed by atoms with Gasteiger partial charge in [0.05, 0.1) is 16.2 Å². The van der Waals surface area contributed by atoms with Crippen molar-refractivity contribution in [2.75, 3.05) is 11.9 Å². The molecule has 1 fully saturated rings. The van der Waals surface area contributed by atoms with Crippen LogP contribution in [0.3, 0.4) is 0 Å². The van der Waals surface area contributed by atoms with Gasteiger partial charge in [-0.05, 0) is 31.7 Å². The quantitative estimate of drug-likeness (QED) is 0.426. The van der Waals surface area contributed by atoms with Crippen LogP contribution in [0.25, 0.3) is 0 Å². The second kappa shape index (κ2) is 9.89. The van der Waals surface area contributed by atoms with Crippen molar-refractivity contribution in [1.82, 2.24) is 0 Å². The Labute approximate surface area is 153 Å². The molecule has 0 unspecified atom stereocenters. The van der Waals surface area contributed by atoms with Crippen molar-refractivity contribution in [1.29, 1.82) is 0 Å². The molecule has 7 heteroatoms. The Hall–Kier alpha value is -2.44. The number of amides is 1. The zero-order valence-corrected chi connectivity index (χ0v) is 15.2. The summed E-state index contributed by atoms with van der Waals surface area (Å²) in [5, 5.41) is 13.5. The Kier molecular flexibility index (Phi) is 7.56. The number of carbonyl (C=O) groups excluding carboxylic acids is 2. The molecule has 1 aliphatic carbocycles. The summed E-state index contributed by atoms with van der Waals surface area (Å²) >= 11 is 0. The molecular weight excluding hydrogens is 336 g/mol. The molecule has 0 atom stereocenters. The number of nitrogens with zero attached hydrogens (tertiary/aromatic N) is 1. The van der Waals surface area contributed by atoms with Gasteiger partial charge in [-0.1, -0.05) is 38.2 Å². The van der Waals surface area contributed by atoms with Gasteiger partial charge in [0.1, 0.15) is 0 Å². The molecule has 2 rings (SSSR count). The van der Waals surface area contributed by atoms with E-state index in [1.165, 1.54) is 44.2 Å². The minimum Gasteiger partial charge on any atom is -0.456 e. The highest BCUT2D eigenvalue weighted by Gasteiger charge is 2.16. The molecule has 1 aliphatic rings. The van der Waals surface area contributed by atoms with E-state index in [-0.39, 0.29) is 18.3 Å².